The maximum atomic E-state index is 2.49. The molecule has 0 aliphatic carbocycles. The summed E-state index contributed by atoms with van der Waals surface area (Å²) in [4.78, 5) is 0. The Hall–Kier alpha value is -0.0400. The standard InChI is InChI=1S/C19H42N/c1-8-15-18(9-2)16-13-12-14-17-19(5,10-3)20(6,7)11-4/h18H,8-17H2,1-7H3/q+1. The normalized spacial score (nSPS) is 16.9. The first-order chi connectivity index (χ1) is 9.36. The summed E-state index contributed by atoms with van der Waals surface area (Å²) in [7, 11) is 4.80. The molecular weight excluding hydrogens is 242 g/mol. The van der Waals surface area contributed by atoms with Crippen molar-refractivity contribution in [3.05, 3.63) is 0 Å². The molecular formula is C19H42N+. The molecule has 2 unspecified atom stereocenters. The van der Waals surface area contributed by atoms with Gasteiger partial charge in [-0.15, -0.1) is 0 Å². The molecule has 0 aliphatic heterocycles. The molecule has 0 aromatic heterocycles. The molecule has 0 aromatic rings. The zero-order valence-electron chi connectivity index (χ0n) is 15.6. The van der Waals surface area contributed by atoms with Crippen molar-refractivity contribution >= 4 is 0 Å². The predicted octanol–water partition coefficient (Wildman–Crippen LogP) is 6.03. The second-order valence-electron chi connectivity index (χ2n) is 7.51. The Bertz CT molecular complexity index is 234. The molecule has 0 spiro atoms. The summed E-state index contributed by atoms with van der Waals surface area (Å²) in [6.07, 6.45) is 12.6. The Balaban J connectivity index is 4.03. The SMILES string of the molecule is CCCC(CC)CCCCCC(C)(CC)[N+](C)(C)CC. The van der Waals surface area contributed by atoms with Crippen LogP contribution >= 0.6 is 0 Å². The molecule has 0 N–H and O–H groups in total. The third-order valence-corrected chi connectivity index (χ3v) is 6.12. The minimum absolute atomic E-state index is 0.461. The third kappa shape index (κ3) is 6.16. The van der Waals surface area contributed by atoms with Crippen molar-refractivity contribution in [1.82, 2.24) is 0 Å². The fraction of sp³-hybridized carbons (Fsp3) is 1.00. The summed E-state index contributed by atoms with van der Waals surface area (Å²) in [6, 6.07) is 0. The van der Waals surface area contributed by atoms with Crippen molar-refractivity contribution in [3.8, 4) is 0 Å². The van der Waals surface area contributed by atoms with Gasteiger partial charge in [0.05, 0.1) is 26.2 Å². The van der Waals surface area contributed by atoms with Gasteiger partial charge in [0.1, 0.15) is 0 Å². The Morgan fingerprint density at radius 3 is 2.00 bits per heavy atom. The van der Waals surface area contributed by atoms with Gasteiger partial charge in [-0.25, -0.2) is 0 Å². The molecule has 20 heavy (non-hydrogen) atoms. The second kappa shape index (κ2) is 9.82. The molecule has 0 saturated carbocycles. The topological polar surface area (TPSA) is 0 Å². The first-order valence-corrected chi connectivity index (χ1v) is 9.19. The molecule has 122 valence electrons. The number of hydrogen-bond donors (Lipinski definition) is 0. The fourth-order valence-electron chi connectivity index (χ4n) is 3.37. The molecule has 0 amide bonds. The first-order valence-electron chi connectivity index (χ1n) is 9.19. The van der Waals surface area contributed by atoms with Crippen molar-refractivity contribution in [2.75, 3.05) is 20.6 Å². The van der Waals surface area contributed by atoms with Crippen LogP contribution in [0, 0.1) is 5.92 Å². The summed E-state index contributed by atoms with van der Waals surface area (Å²) in [6.45, 7) is 13.1. The minimum atomic E-state index is 0.461. The lowest BCUT2D eigenvalue weighted by molar-refractivity contribution is -0.939. The van der Waals surface area contributed by atoms with Gasteiger partial charge >= 0.3 is 0 Å². The Labute approximate surface area is 129 Å². The van der Waals surface area contributed by atoms with E-state index in [0.29, 0.717) is 5.54 Å². The van der Waals surface area contributed by atoms with Crippen LogP contribution < -0.4 is 0 Å². The van der Waals surface area contributed by atoms with E-state index in [0.717, 1.165) is 10.4 Å². The number of nitrogens with zero attached hydrogens (tertiary/aromatic N) is 1. The monoisotopic (exact) mass is 284 g/mol. The van der Waals surface area contributed by atoms with Crippen LogP contribution in [0.1, 0.15) is 92.4 Å². The van der Waals surface area contributed by atoms with Gasteiger partial charge in [-0.3, -0.25) is 0 Å². The highest BCUT2D eigenvalue weighted by Gasteiger charge is 2.37. The third-order valence-electron chi connectivity index (χ3n) is 6.12. The minimum Gasteiger partial charge on any atom is -0.324 e. The van der Waals surface area contributed by atoms with Gasteiger partial charge in [-0.1, -0.05) is 59.3 Å². The fourth-order valence-corrected chi connectivity index (χ4v) is 3.37. The second-order valence-corrected chi connectivity index (χ2v) is 7.51. The summed E-state index contributed by atoms with van der Waals surface area (Å²) < 4.78 is 1.16. The van der Waals surface area contributed by atoms with Crippen molar-refractivity contribution < 1.29 is 4.48 Å². The zero-order valence-corrected chi connectivity index (χ0v) is 15.6. The molecule has 2 atom stereocenters. The van der Waals surface area contributed by atoms with Gasteiger partial charge in [-0.2, -0.15) is 0 Å². The highest BCUT2D eigenvalue weighted by Crippen LogP contribution is 2.30. The van der Waals surface area contributed by atoms with Crippen molar-refractivity contribution in [2.45, 2.75) is 97.9 Å². The average Bonchev–Trinajstić information content (AvgIpc) is 2.45. The molecule has 0 aromatic carbocycles. The molecule has 0 rings (SSSR count). The van der Waals surface area contributed by atoms with Gasteiger partial charge in [0, 0.05) is 6.42 Å². The van der Waals surface area contributed by atoms with E-state index < -0.39 is 0 Å². The van der Waals surface area contributed by atoms with E-state index in [9.17, 15) is 0 Å². The first kappa shape index (κ1) is 20.0. The van der Waals surface area contributed by atoms with Crippen molar-refractivity contribution in [3.63, 3.8) is 0 Å². The van der Waals surface area contributed by atoms with E-state index in [1.54, 1.807) is 0 Å². The number of rotatable bonds is 12. The number of quaternary nitrogens is 1. The van der Waals surface area contributed by atoms with Crippen LogP contribution in [0.5, 0.6) is 0 Å². The highest BCUT2D eigenvalue weighted by atomic mass is 15.4. The van der Waals surface area contributed by atoms with Crippen LogP contribution in [0.3, 0.4) is 0 Å². The summed E-state index contributed by atoms with van der Waals surface area (Å²) >= 11 is 0. The number of unbranched alkanes of at least 4 members (excludes halogenated alkanes) is 2. The summed E-state index contributed by atoms with van der Waals surface area (Å²) in [5.74, 6) is 0.987. The molecule has 1 heteroatoms. The van der Waals surface area contributed by atoms with Crippen LogP contribution in [0.25, 0.3) is 0 Å². The quantitative estimate of drug-likeness (QED) is 0.303. The predicted molar refractivity (Wildman–Crippen MR) is 93.1 cm³/mol. The highest BCUT2D eigenvalue weighted by molar-refractivity contribution is 4.74. The van der Waals surface area contributed by atoms with Crippen molar-refractivity contribution in [2.24, 2.45) is 5.92 Å². The van der Waals surface area contributed by atoms with E-state index in [1.165, 1.54) is 64.3 Å². The largest absolute Gasteiger partial charge is 0.324 e. The Morgan fingerprint density at radius 1 is 0.900 bits per heavy atom. The van der Waals surface area contributed by atoms with Crippen LogP contribution in [0.2, 0.25) is 0 Å². The Kier molecular flexibility index (Phi) is 9.80. The van der Waals surface area contributed by atoms with Crippen LogP contribution in [0.4, 0.5) is 0 Å². The van der Waals surface area contributed by atoms with E-state index >= 15 is 0 Å². The lowest BCUT2D eigenvalue weighted by Crippen LogP contribution is -2.57. The Morgan fingerprint density at radius 2 is 1.55 bits per heavy atom. The maximum absolute atomic E-state index is 2.49. The smallest absolute Gasteiger partial charge is 0.0957 e. The van der Waals surface area contributed by atoms with Gasteiger partial charge < -0.3 is 4.48 Å². The van der Waals surface area contributed by atoms with E-state index in [1.807, 2.05) is 0 Å². The van der Waals surface area contributed by atoms with Crippen LogP contribution in [-0.2, 0) is 0 Å². The van der Waals surface area contributed by atoms with Gasteiger partial charge in [0.15, 0.2) is 0 Å². The molecule has 0 radical (unpaired) electrons. The molecule has 0 aliphatic rings. The number of hydrogen-bond acceptors (Lipinski definition) is 0. The van der Waals surface area contributed by atoms with E-state index in [-0.39, 0.29) is 0 Å². The molecule has 0 fully saturated rings. The van der Waals surface area contributed by atoms with Gasteiger partial charge in [0.2, 0.25) is 0 Å². The summed E-state index contributed by atoms with van der Waals surface area (Å²) in [5.41, 5.74) is 0.461. The van der Waals surface area contributed by atoms with Crippen molar-refractivity contribution in [1.29, 1.82) is 0 Å². The molecule has 0 heterocycles. The lowest BCUT2D eigenvalue weighted by Gasteiger charge is -2.46. The zero-order chi connectivity index (χ0) is 15.6. The summed E-state index contributed by atoms with van der Waals surface area (Å²) in [5, 5.41) is 0. The van der Waals surface area contributed by atoms with Gasteiger partial charge in [-0.05, 0) is 32.6 Å². The van der Waals surface area contributed by atoms with E-state index in [4.69, 9.17) is 0 Å². The average molecular weight is 285 g/mol. The van der Waals surface area contributed by atoms with Crippen LogP contribution in [-0.4, -0.2) is 30.7 Å². The molecule has 0 saturated heterocycles. The van der Waals surface area contributed by atoms with Gasteiger partial charge in [0.25, 0.3) is 0 Å². The maximum Gasteiger partial charge on any atom is 0.0957 e. The molecule has 0 bridgehead atoms. The van der Waals surface area contributed by atoms with E-state index in [2.05, 4.69) is 48.7 Å². The lowest BCUT2D eigenvalue weighted by atomic mass is 9.87. The molecule has 1 nitrogen and oxygen atoms in total. The van der Waals surface area contributed by atoms with Crippen LogP contribution in [0.15, 0.2) is 0 Å².